The number of hydrogen-bond donors (Lipinski definition) is 0. The van der Waals surface area contributed by atoms with Crippen LogP contribution in [0, 0.1) is 0 Å². The lowest BCUT2D eigenvalue weighted by molar-refractivity contribution is 0.0975. The lowest BCUT2D eigenvalue weighted by atomic mass is 9.97. The molecule has 0 N–H and O–H groups in total. The zero-order chi connectivity index (χ0) is 17.9. The van der Waals surface area contributed by atoms with Gasteiger partial charge in [0.2, 0.25) is 5.88 Å². The van der Waals surface area contributed by atoms with Gasteiger partial charge >= 0.3 is 0 Å². The van der Waals surface area contributed by atoms with Crippen molar-refractivity contribution >= 4 is 11.6 Å². The highest BCUT2D eigenvalue weighted by Crippen LogP contribution is 2.33. The summed E-state index contributed by atoms with van der Waals surface area (Å²) in [6.07, 6.45) is 6.18. The fourth-order valence-electron chi connectivity index (χ4n) is 3.39. The number of hydrogen-bond acceptors (Lipinski definition) is 4. The molecular formula is C20H20N4O2. The molecule has 0 aliphatic carbocycles. The van der Waals surface area contributed by atoms with Gasteiger partial charge in [0.1, 0.15) is 5.56 Å². The first-order valence-electron chi connectivity index (χ1n) is 8.74. The molecule has 0 radical (unpaired) electrons. The van der Waals surface area contributed by atoms with Crippen LogP contribution in [-0.2, 0) is 6.42 Å². The molecule has 0 fully saturated rings. The van der Waals surface area contributed by atoms with E-state index in [1.165, 1.54) is 0 Å². The molecule has 2 aromatic heterocycles. The van der Waals surface area contributed by atoms with Crippen LogP contribution in [0.3, 0.4) is 0 Å². The largest absolute Gasteiger partial charge is 0.477 e. The molecule has 1 aliphatic rings. The molecule has 0 spiro atoms. The Labute approximate surface area is 152 Å². The summed E-state index contributed by atoms with van der Waals surface area (Å²) in [6, 6.07) is 13.5. The van der Waals surface area contributed by atoms with E-state index in [2.05, 4.69) is 16.1 Å². The second kappa shape index (κ2) is 7.00. The minimum atomic E-state index is -0.106. The third-order valence-electron chi connectivity index (χ3n) is 4.56. The Hall–Kier alpha value is -3.15. The van der Waals surface area contributed by atoms with Gasteiger partial charge < -0.3 is 9.64 Å². The van der Waals surface area contributed by atoms with Gasteiger partial charge in [-0.05, 0) is 43.2 Å². The van der Waals surface area contributed by atoms with Crippen LogP contribution in [0.25, 0.3) is 0 Å². The molecule has 3 aromatic rings. The Morgan fingerprint density at radius 1 is 1.19 bits per heavy atom. The second-order valence-electron chi connectivity index (χ2n) is 6.18. The van der Waals surface area contributed by atoms with Crippen LogP contribution in [0.2, 0.25) is 0 Å². The van der Waals surface area contributed by atoms with Crippen LogP contribution in [0.15, 0.2) is 61.1 Å². The van der Waals surface area contributed by atoms with Crippen molar-refractivity contribution in [2.24, 2.45) is 0 Å². The van der Waals surface area contributed by atoms with Crippen LogP contribution >= 0.6 is 0 Å². The highest BCUT2D eigenvalue weighted by molar-refractivity contribution is 6.08. The monoisotopic (exact) mass is 348 g/mol. The third-order valence-corrected chi connectivity index (χ3v) is 4.56. The van der Waals surface area contributed by atoms with Crippen LogP contribution in [0.5, 0.6) is 5.88 Å². The number of fused-ring (bicyclic) bond motifs is 1. The first-order chi connectivity index (χ1) is 12.8. The number of carbonyl (C=O) groups excluding carboxylic acids is 1. The number of ether oxygens (including phenoxy) is 1. The molecule has 1 atom stereocenters. The van der Waals surface area contributed by atoms with Crippen molar-refractivity contribution in [1.29, 1.82) is 0 Å². The van der Waals surface area contributed by atoms with Gasteiger partial charge in [0.15, 0.2) is 0 Å². The number of carbonyl (C=O) groups is 1. The molecule has 1 aliphatic heterocycles. The van der Waals surface area contributed by atoms with Crippen molar-refractivity contribution < 1.29 is 9.53 Å². The lowest BCUT2D eigenvalue weighted by Gasteiger charge is -2.35. The molecule has 4 rings (SSSR count). The molecule has 0 saturated heterocycles. The average molecular weight is 348 g/mol. The van der Waals surface area contributed by atoms with Crippen molar-refractivity contribution in [3.63, 3.8) is 0 Å². The first-order valence-corrected chi connectivity index (χ1v) is 8.74. The number of rotatable bonds is 4. The summed E-state index contributed by atoms with van der Waals surface area (Å²) in [4.78, 5) is 19.4. The maximum atomic E-state index is 13.3. The average Bonchev–Trinajstić information content (AvgIpc) is 3.22. The SMILES string of the molecule is CCOc1ncccc1C(=O)N1CC(n2cccn2)Cc2ccccc21. The van der Waals surface area contributed by atoms with Gasteiger partial charge in [0, 0.05) is 30.8 Å². The summed E-state index contributed by atoms with van der Waals surface area (Å²) in [5, 5.41) is 4.37. The highest BCUT2D eigenvalue weighted by atomic mass is 16.5. The summed E-state index contributed by atoms with van der Waals surface area (Å²) >= 11 is 0. The predicted octanol–water partition coefficient (Wildman–Crippen LogP) is 3.12. The highest BCUT2D eigenvalue weighted by Gasteiger charge is 2.31. The number of aromatic nitrogens is 3. The Morgan fingerprint density at radius 2 is 2.08 bits per heavy atom. The van der Waals surface area contributed by atoms with E-state index in [1.54, 1.807) is 24.5 Å². The van der Waals surface area contributed by atoms with E-state index < -0.39 is 0 Å². The summed E-state index contributed by atoms with van der Waals surface area (Å²) in [5.41, 5.74) is 2.55. The van der Waals surface area contributed by atoms with Gasteiger partial charge in [-0.25, -0.2) is 4.98 Å². The molecular weight excluding hydrogens is 328 g/mol. The minimum absolute atomic E-state index is 0.0936. The van der Waals surface area contributed by atoms with E-state index in [9.17, 15) is 4.79 Å². The van der Waals surface area contributed by atoms with E-state index in [1.807, 2.05) is 47.0 Å². The van der Waals surface area contributed by atoms with Crippen molar-refractivity contribution in [2.45, 2.75) is 19.4 Å². The first kappa shape index (κ1) is 16.3. The molecule has 132 valence electrons. The van der Waals surface area contributed by atoms with Gasteiger partial charge in [-0.1, -0.05) is 18.2 Å². The quantitative estimate of drug-likeness (QED) is 0.727. The normalized spacial score (nSPS) is 16.2. The Kier molecular flexibility index (Phi) is 4.39. The van der Waals surface area contributed by atoms with Crippen LogP contribution in [-0.4, -0.2) is 33.8 Å². The van der Waals surface area contributed by atoms with E-state index >= 15 is 0 Å². The molecule has 26 heavy (non-hydrogen) atoms. The number of pyridine rings is 1. The standard InChI is InChI=1S/C20H20N4O2/c1-2-26-19-17(8-5-10-21-19)20(25)23-14-16(24-12-6-11-22-24)13-15-7-3-4-9-18(15)23/h3-12,16H,2,13-14H2,1H3. The van der Waals surface area contributed by atoms with E-state index in [-0.39, 0.29) is 11.9 Å². The van der Waals surface area contributed by atoms with Gasteiger partial charge in [-0.3, -0.25) is 9.48 Å². The molecule has 6 nitrogen and oxygen atoms in total. The number of para-hydroxylation sites is 1. The van der Waals surface area contributed by atoms with Crippen molar-refractivity contribution in [3.05, 3.63) is 72.2 Å². The molecule has 6 heteroatoms. The van der Waals surface area contributed by atoms with Gasteiger partial charge in [0.05, 0.1) is 12.6 Å². The van der Waals surface area contributed by atoms with E-state index in [0.717, 1.165) is 17.7 Å². The molecule has 3 heterocycles. The van der Waals surface area contributed by atoms with E-state index in [4.69, 9.17) is 4.74 Å². The smallest absolute Gasteiger partial charge is 0.263 e. The van der Waals surface area contributed by atoms with Crippen molar-refractivity contribution in [2.75, 3.05) is 18.1 Å². The summed E-state index contributed by atoms with van der Waals surface area (Å²) < 4.78 is 7.48. The van der Waals surface area contributed by atoms with Crippen LogP contribution in [0.1, 0.15) is 28.9 Å². The Morgan fingerprint density at radius 3 is 2.88 bits per heavy atom. The fraction of sp³-hybridized carbons (Fsp3) is 0.250. The Bertz CT molecular complexity index is 908. The van der Waals surface area contributed by atoms with Crippen LogP contribution < -0.4 is 9.64 Å². The lowest BCUT2D eigenvalue weighted by Crippen LogP contribution is -2.41. The number of nitrogens with zero attached hydrogens (tertiary/aromatic N) is 4. The van der Waals surface area contributed by atoms with E-state index in [0.29, 0.717) is 24.6 Å². The second-order valence-corrected chi connectivity index (χ2v) is 6.18. The molecule has 0 saturated carbocycles. The fourth-order valence-corrected chi connectivity index (χ4v) is 3.39. The maximum absolute atomic E-state index is 13.3. The molecule has 1 unspecified atom stereocenters. The number of benzene rings is 1. The maximum Gasteiger partial charge on any atom is 0.263 e. The van der Waals surface area contributed by atoms with Gasteiger partial charge in [-0.15, -0.1) is 0 Å². The number of amides is 1. The van der Waals surface area contributed by atoms with Crippen LogP contribution in [0.4, 0.5) is 5.69 Å². The summed E-state index contributed by atoms with van der Waals surface area (Å²) in [6.45, 7) is 2.90. The topological polar surface area (TPSA) is 60.2 Å². The summed E-state index contributed by atoms with van der Waals surface area (Å²) in [5.74, 6) is 0.268. The Balaban J connectivity index is 1.73. The minimum Gasteiger partial charge on any atom is -0.477 e. The number of anilines is 1. The zero-order valence-corrected chi connectivity index (χ0v) is 14.6. The predicted molar refractivity (Wildman–Crippen MR) is 98.5 cm³/mol. The van der Waals surface area contributed by atoms with Crippen molar-refractivity contribution in [1.82, 2.24) is 14.8 Å². The molecule has 1 amide bonds. The third kappa shape index (κ3) is 2.94. The molecule has 1 aromatic carbocycles. The molecule has 0 bridgehead atoms. The van der Waals surface area contributed by atoms with Gasteiger partial charge in [-0.2, -0.15) is 5.10 Å². The summed E-state index contributed by atoms with van der Waals surface area (Å²) in [7, 11) is 0. The zero-order valence-electron chi connectivity index (χ0n) is 14.6. The van der Waals surface area contributed by atoms with Crippen molar-refractivity contribution in [3.8, 4) is 5.88 Å². The van der Waals surface area contributed by atoms with Gasteiger partial charge in [0.25, 0.3) is 5.91 Å².